The van der Waals surface area contributed by atoms with Crippen LogP contribution in [0.3, 0.4) is 0 Å². The number of nitrogens with zero attached hydrogens (tertiary/aromatic N) is 9. The van der Waals surface area contributed by atoms with Gasteiger partial charge in [-0.15, -0.1) is 0 Å². The highest BCUT2D eigenvalue weighted by atomic mass is 79.9. The summed E-state index contributed by atoms with van der Waals surface area (Å²) in [6.07, 6.45) is 15.4. The molecule has 6 heterocycles. The minimum atomic E-state index is -0.518. The van der Waals surface area contributed by atoms with Crippen molar-refractivity contribution in [2.24, 2.45) is 27.7 Å². The van der Waals surface area contributed by atoms with E-state index in [1.807, 2.05) is 98.7 Å². The number of carbonyl (C=O) groups excluding carboxylic acids is 2. The zero-order valence-corrected chi connectivity index (χ0v) is 73.1. The number of hydrogen-bond donors (Lipinski definition) is 10. The summed E-state index contributed by atoms with van der Waals surface area (Å²) >= 11 is 45.7. The van der Waals surface area contributed by atoms with Crippen LogP contribution in [0.25, 0.3) is 0 Å². The van der Waals surface area contributed by atoms with Crippen molar-refractivity contribution < 1.29 is 39.5 Å². The Morgan fingerprint density at radius 2 is 0.821 bits per heavy atom. The van der Waals surface area contributed by atoms with E-state index in [0.29, 0.717) is 67.4 Å². The number of aromatic nitrogens is 6. The van der Waals surface area contributed by atoms with Gasteiger partial charge in [-0.2, -0.15) is 0 Å². The highest BCUT2D eigenvalue weighted by molar-refractivity contribution is 9.10. The van der Waals surface area contributed by atoms with Crippen molar-refractivity contribution in [1.29, 1.82) is 0 Å². The number of aliphatic hydroxyl groups is 4. The number of nitrogens with two attached hydrogens (primary N) is 2. The number of aryl methyl sites for hydroxylation is 3. The normalized spacial score (nSPS) is 18.6. The number of ether oxygens (including phenoxy) is 2. The van der Waals surface area contributed by atoms with Crippen LogP contribution >= 0.6 is 121 Å². The van der Waals surface area contributed by atoms with E-state index < -0.39 is 11.2 Å². The van der Waals surface area contributed by atoms with Crippen LogP contribution in [-0.4, -0.2) is 178 Å². The van der Waals surface area contributed by atoms with Gasteiger partial charge in [0.2, 0.25) is 0 Å². The summed E-state index contributed by atoms with van der Waals surface area (Å²) in [6.45, 7) is 23.6. The van der Waals surface area contributed by atoms with E-state index in [-0.39, 0.29) is 75.2 Å². The van der Waals surface area contributed by atoms with Gasteiger partial charge in [0.25, 0.3) is 0 Å². The molecule has 3 spiro atoms. The summed E-state index contributed by atoms with van der Waals surface area (Å²) in [7, 11) is 1.00. The van der Waals surface area contributed by atoms with Crippen molar-refractivity contribution in [3.8, 4) is 0 Å². The number of rotatable bonds is 18. The number of halogens is 7. The van der Waals surface area contributed by atoms with Crippen molar-refractivity contribution in [1.82, 2.24) is 40.5 Å². The van der Waals surface area contributed by atoms with E-state index in [0.717, 1.165) is 199 Å². The van der Waals surface area contributed by atoms with Gasteiger partial charge in [-0.3, -0.25) is 0 Å². The van der Waals surface area contributed by atoms with E-state index in [2.05, 4.69) is 51.9 Å². The predicted molar refractivity (Wildman–Crippen MR) is 466 cm³/mol. The maximum absolute atomic E-state index is 12.5. The standard InChI is InChI=1S/C27H37Cl2N5O3S.C25H31BrCl2N4O2S.C22H29Cl2N5OS.C2H7NO.CH4O.2CH4/c1-17-24(38-19-8-5-7-18(28)21(19)29)33-22(30-13-16-35)23(31-17)34-14-11-27(12-15-34)10-6-9-20(27)32-25(36)37-26(2,3)4;1-15-22(35-17-8-5-7-16(27)19(17)28)31-20(26)21(29-15)32-13-11-25(12-14-32)10-6-9-18(25)30-23(33)34-24(2,3)4;1-14-21(31-16-5-2-4-15(23)18(16)24)28-19(26-10-13-30)20(27-14)29-11-8-22(9-12-29)7-3-6-17(22)25;3-1-2-4;1-2;;/h5,7-8,20,35H,6,9-16H2,1-4H3,(H,30,33)(H,32,36);5,7-8,18H,6,9-14H2,1-4H3,(H,30,33);2,4-5,17,30H,3,6-13,25H2,1H3,(H,26,28);4H,1-3H2;2H,1H3;2*1H4/t20-;18-;17-;;;;/m111..../s1. The van der Waals surface area contributed by atoms with Crippen LogP contribution in [0.2, 0.25) is 30.1 Å². The quantitative estimate of drug-likeness (QED) is 0.0382. The van der Waals surface area contributed by atoms with Gasteiger partial charge in [0, 0.05) is 98.8 Å². The molecule has 12 N–H and O–H groups in total. The first-order valence-corrected chi connectivity index (χ1v) is 43.0. The molecule has 3 aromatic carbocycles. The van der Waals surface area contributed by atoms with Crippen molar-refractivity contribution in [2.45, 2.75) is 233 Å². The summed E-state index contributed by atoms with van der Waals surface area (Å²) in [4.78, 5) is 63.6. The Balaban J connectivity index is 0.000000251. The predicted octanol–water partition coefficient (Wildman–Crippen LogP) is 18.5. The molecule has 23 nitrogen and oxygen atoms in total. The average Bonchev–Trinajstić information content (AvgIpc) is 1.56. The molecule has 2 amide bonds. The van der Waals surface area contributed by atoms with Crippen molar-refractivity contribution in [3.63, 3.8) is 0 Å². The van der Waals surface area contributed by atoms with E-state index in [1.54, 1.807) is 18.2 Å². The Labute approximate surface area is 714 Å². The van der Waals surface area contributed by atoms with Crippen LogP contribution in [0.4, 0.5) is 38.7 Å². The summed E-state index contributed by atoms with van der Waals surface area (Å²) in [5, 5.41) is 51.7. The summed E-state index contributed by atoms with van der Waals surface area (Å²) in [5.74, 6) is 3.80. The molecule has 6 fully saturated rings. The first-order chi connectivity index (χ1) is 52.3. The van der Waals surface area contributed by atoms with Gasteiger partial charge in [0.1, 0.15) is 30.9 Å². The third-order valence-corrected chi connectivity index (χ3v) is 27.4. The largest absolute Gasteiger partial charge is 0.444 e. The van der Waals surface area contributed by atoms with Gasteiger partial charge in [0.05, 0.1) is 67.0 Å². The van der Waals surface area contributed by atoms with Gasteiger partial charge >= 0.3 is 12.2 Å². The molecule has 0 bridgehead atoms. The molecule has 6 aromatic rings. The highest BCUT2D eigenvalue weighted by Crippen LogP contribution is 2.51. The van der Waals surface area contributed by atoms with Gasteiger partial charge in [-0.1, -0.05) is 157 Å². The number of amides is 2. The molecule has 33 heteroatoms. The third kappa shape index (κ3) is 25.7. The van der Waals surface area contributed by atoms with Gasteiger partial charge in [-0.25, -0.2) is 39.5 Å². The van der Waals surface area contributed by atoms with Crippen LogP contribution in [0.15, 0.2) is 89.0 Å². The summed E-state index contributed by atoms with van der Waals surface area (Å²) in [6, 6.07) is 17.2. The Hall–Kier alpha value is -4.53. The molecule has 0 unspecified atom stereocenters. The lowest BCUT2D eigenvalue weighted by atomic mass is 9.74. The minimum absolute atomic E-state index is 0. The monoisotopic (exact) mass is 1790 g/mol. The number of hydrogen-bond acceptors (Lipinski definition) is 24. The van der Waals surface area contributed by atoms with E-state index in [1.165, 1.54) is 48.1 Å². The number of anilines is 5. The Morgan fingerprint density at radius 3 is 1.14 bits per heavy atom. The molecule has 3 aromatic heterocycles. The SMILES string of the molecule is C.C.CO.Cc1nc(N2CCC3(CCC[C@H]3N)CC2)c(NCCO)nc1Sc1cccc(Cl)c1Cl.Cc1nc(N2CCC3(CCC[C@H]3NC(=O)OC(C)(C)C)CC2)c(Br)nc1Sc1cccc(Cl)c1Cl.Cc1nc(N2CCC3(CCC[C@H]3NC(=O)OC(C)(C)C)CC2)c(NCCO)nc1Sc1cccc(Cl)c1Cl.NCCO. The number of carbonyl (C=O) groups is 2. The molecule has 112 heavy (non-hydrogen) atoms. The summed E-state index contributed by atoms with van der Waals surface area (Å²) < 4.78 is 11.8. The molecule has 3 saturated heterocycles. The second-order valence-electron chi connectivity index (χ2n) is 30.3. The van der Waals surface area contributed by atoms with Gasteiger partial charge in [0.15, 0.2) is 29.1 Å². The molecule has 3 aliphatic carbocycles. The maximum Gasteiger partial charge on any atom is 0.407 e. The highest BCUT2D eigenvalue weighted by Gasteiger charge is 2.49. The fraction of sp³-hybridized carbons (Fsp3) is 0.595. The van der Waals surface area contributed by atoms with Crippen LogP contribution in [-0.2, 0) is 9.47 Å². The topological polar surface area (TPSA) is 321 Å². The first-order valence-electron chi connectivity index (χ1n) is 37.5. The lowest BCUT2D eigenvalue weighted by Crippen LogP contribution is -2.51. The third-order valence-electron chi connectivity index (χ3n) is 20.6. The fourth-order valence-corrected chi connectivity index (χ4v) is 19.8. The Kier molecular flexibility index (Phi) is 38.1. The maximum atomic E-state index is 12.5. The molecular formula is C79H116BrCl6N15O8S3. The first kappa shape index (κ1) is 96.3. The molecule has 6 aliphatic rings. The smallest absolute Gasteiger partial charge is 0.407 e. The van der Waals surface area contributed by atoms with Crippen LogP contribution in [0.5, 0.6) is 0 Å². The second-order valence-corrected chi connectivity index (χ2v) is 36.5. The van der Waals surface area contributed by atoms with Crippen LogP contribution in [0, 0.1) is 37.0 Å². The van der Waals surface area contributed by atoms with E-state index >= 15 is 0 Å². The Morgan fingerprint density at radius 1 is 0.509 bits per heavy atom. The molecule has 12 rings (SSSR count). The lowest BCUT2D eigenvalue weighted by molar-refractivity contribution is 0.0432. The number of aliphatic hydroxyl groups excluding tert-OH is 4. The van der Waals surface area contributed by atoms with Crippen molar-refractivity contribution in [3.05, 3.63) is 106 Å². The molecular weight excluding hydrogens is 1680 g/mol. The van der Waals surface area contributed by atoms with Gasteiger partial charge < -0.3 is 77.3 Å². The minimum Gasteiger partial charge on any atom is -0.444 e. The van der Waals surface area contributed by atoms with Crippen LogP contribution in [0.1, 0.15) is 170 Å². The summed E-state index contributed by atoms with van der Waals surface area (Å²) in [5.41, 5.74) is 13.2. The molecule has 0 radical (unpaired) electrons. The molecule has 3 atom stereocenters. The molecule has 622 valence electrons. The van der Waals surface area contributed by atoms with E-state index in [4.69, 9.17) is 131 Å². The number of benzene rings is 3. The zero-order chi connectivity index (χ0) is 80.3. The molecule has 3 aliphatic heterocycles. The number of alkyl carbamates (subject to hydrolysis) is 2. The lowest BCUT2D eigenvalue weighted by Gasteiger charge is -2.44. The zero-order valence-electron chi connectivity index (χ0n) is 64.5. The average molecular weight is 1790 g/mol. The second kappa shape index (κ2) is 44.3. The van der Waals surface area contributed by atoms with Crippen molar-refractivity contribution in [2.75, 3.05) is 111 Å². The number of piperidine rings is 3. The number of nitrogens with one attached hydrogen (secondary N) is 4. The Bertz CT molecular complexity index is 4040. The fourth-order valence-electron chi connectivity index (χ4n) is 15.1. The van der Waals surface area contributed by atoms with E-state index in [9.17, 15) is 19.8 Å². The molecule has 3 saturated carbocycles. The van der Waals surface area contributed by atoms with Gasteiger partial charge in [-0.05, 0) is 208 Å². The van der Waals surface area contributed by atoms with Crippen molar-refractivity contribution >= 4 is 162 Å². The van der Waals surface area contributed by atoms with Crippen LogP contribution < -0.4 is 47.4 Å².